The first-order chi connectivity index (χ1) is 7.84. The summed E-state index contributed by atoms with van der Waals surface area (Å²) in [5.41, 5.74) is 5.70. The van der Waals surface area contributed by atoms with Gasteiger partial charge in [0, 0.05) is 10.1 Å². The van der Waals surface area contributed by atoms with Gasteiger partial charge in [-0.05, 0) is 24.6 Å². The van der Waals surface area contributed by atoms with Gasteiger partial charge in [-0.3, -0.25) is 0 Å². The van der Waals surface area contributed by atoms with Gasteiger partial charge in [-0.1, -0.05) is 0 Å². The van der Waals surface area contributed by atoms with Crippen molar-refractivity contribution < 1.29 is 13.2 Å². The number of thiophene rings is 1. The van der Waals surface area contributed by atoms with Crippen LogP contribution >= 0.6 is 11.3 Å². The third-order valence-electron chi connectivity index (χ3n) is 2.45. The van der Waals surface area contributed by atoms with Crippen LogP contribution in [0.5, 0.6) is 0 Å². The summed E-state index contributed by atoms with van der Waals surface area (Å²) in [4.78, 5) is 0.252. The molecule has 0 aliphatic heterocycles. The van der Waals surface area contributed by atoms with E-state index >= 15 is 0 Å². The highest BCUT2D eigenvalue weighted by molar-refractivity contribution is 7.20. The van der Waals surface area contributed by atoms with Crippen LogP contribution in [0.4, 0.5) is 18.9 Å². The number of aryl methyl sites for hydroxylation is 1. The van der Waals surface area contributed by atoms with Crippen LogP contribution in [0.25, 0.3) is 10.1 Å². The summed E-state index contributed by atoms with van der Waals surface area (Å²) in [7, 11) is 0. The second-order valence-corrected chi connectivity index (χ2v) is 4.67. The van der Waals surface area contributed by atoms with Crippen molar-refractivity contribution in [1.82, 2.24) is 0 Å². The largest absolute Gasteiger partial charge is 0.416 e. The molecule has 0 aliphatic rings. The molecule has 6 heteroatoms. The van der Waals surface area contributed by atoms with E-state index in [1.165, 1.54) is 0 Å². The number of halogens is 3. The molecule has 17 heavy (non-hydrogen) atoms. The van der Waals surface area contributed by atoms with E-state index in [1.54, 1.807) is 6.92 Å². The minimum Gasteiger partial charge on any atom is -0.396 e. The molecule has 0 fully saturated rings. The molecule has 0 bridgehead atoms. The summed E-state index contributed by atoms with van der Waals surface area (Å²) < 4.78 is 38.2. The van der Waals surface area contributed by atoms with Gasteiger partial charge in [-0.2, -0.15) is 18.4 Å². The summed E-state index contributed by atoms with van der Waals surface area (Å²) >= 11 is 0.982. The van der Waals surface area contributed by atoms with E-state index in [0.29, 0.717) is 15.6 Å². The average Bonchev–Trinajstić information content (AvgIpc) is 2.54. The monoisotopic (exact) mass is 256 g/mol. The third-order valence-corrected chi connectivity index (χ3v) is 3.51. The van der Waals surface area contributed by atoms with Crippen molar-refractivity contribution in [3.63, 3.8) is 0 Å². The number of nitrogen functional groups attached to an aromatic ring is 1. The van der Waals surface area contributed by atoms with Gasteiger partial charge in [0.05, 0.1) is 11.3 Å². The number of fused-ring (bicyclic) bond motifs is 1. The maximum atomic E-state index is 12.6. The molecule has 2 nitrogen and oxygen atoms in total. The maximum absolute atomic E-state index is 12.6. The van der Waals surface area contributed by atoms with Crippen LogP contribution in [-0.4, -0.2) is 0 Å². The van der Waals surface area contributed by atoms with Crippen LogP contribution in [0, 0.1) is 18.3 Å². The van der Waals surface area contributed by atoms with Gasteiger partial charge in [0.25, 0.3) is 0 Å². The topological polar surface area (TPSA) is 49.8 Å². The van der Waals surface area contributed by atoms with Gasteiger partial charge in [0.2, 0.25) is 0 Å². The highest BCUT2D eigenvalue weighted by atomic mass is 32.1. The Labute approximate surface area is 99.1 Å². The molecule has 0 aliphatic carbocycles. The molecule has 0 amide bonds. The fourth-order valence-corrected chi connectivity index (χ4v) is 2.74. The Balaban J connectivity index is 2.81. The first-order valence-corrected chi connectivity index (χ1v) is 5.46. The molecule has 0 spiro atoms. The number of nitriles is 1. The number of nitrogens with two attached hydrogens (primary N) is 1. The zero-order valence-corrected chi connectivity index (χ0v) is 9.54. The second-order valence-electron chi connectivity index (χ2n) is 3.62. The first-order valence-electron chi connectivity index (χ1n) is 4.64. The number of anilines is 1. The van der Waals surface area contributed by atoms with Crippen molar-refractivity contribution in [3.8, 4) is 6.07 Å². The summed E-state index contributed by atoms with van der Waals surface area (Å²) in [6, 6.07) is 3.96. The molecule has 0 unspecified atom stereocenters. The molecular formula is C11H7F3N2S. The molecule has 1 aromatic heterocycles. The van der Waals surface area contributed by atoms with Crippen molar-refractivity contribution in [1.29, 1.82) is 5.26 Å². The fourth-order valence-electron chi connectivity index (χ4n) is 1.71. The van der Waals surface area contributed by atoms with Crippen LogP contribution in [0.2, 0.25) is 0 Å². The molecule has 0 saturated carbocycles. The zero-order valence-electron chi connectivity index (χ0n) is 8.72. The van der Waals surface area contributed by atoms with Crippen molar-refractivity contribution in [2.75, 3.05) is 5.73 Å². The number of hydrogen-bond donors (Lipinski definition) is 1. The predicted molar refractivity (Wildman–Crippen MR) is 60.7 cm³/mol. The maximum Gasteiger partial charge on any atom is 0.416 e. The van der Waals surface area contributed by atoms with Gasteiger partial charge < -0.3 is 5.73 Å². The normalized spacial score (nSPS) is 11.7. The van der Waals surface area contributed by atoms with Crippen LogP contribution < -0.4 is 5.73 Å². The first kappa shape index (κ1) is 11.7. The third kappa shape index (κ3) is 1.83. The number of benzene rings is 1. The standard InChI is InChI=1S/C11H7F3N2S/c1-5-2-6(11(12,13)14)3-7-9(5)10(16)8(4-15)17-7/h2-3H,16H2,1H3. The Morgan fingerprint density at radius 3 is 2.53 bits per heavy atom. The quantitative estimate of drug-likeness (QED) is 0.781. The molecule has 2 N–H and O–H groups in total. The van der Waals surface area contributed by atoms with Crippen molar-refractivity contribution in [2.45, 2.75) is 13.1 Å². The number of hydrogen-bond acceptors (Lipinski definition) is 3. The predicted octanol–water partition coefficient (Wildman–Crippen LogP) is 3.68. The zero-order chi connectivity index (χ0) is 12.8. The summed E-state index contributed by atoms with van der Waals surface area (Å²) in [6.45, 7) is 1.56. The Kier molecular flexibility index (Phi) is 2.51. The number of alkyl halides is 3. The van der Waals surface area contributed by atoms with Gasteiger partial charge in [-0.25, -0.2) is 0 Å². The SMILES string of the molecule is Cc1cc(C(F)(F)F)cc2sc(C#N)c(N)c12. The van der Waals surface area contributed by atoms with E-state index in [0.717, 1.165) is 23.5 Å². The van der Waals surface area contributed by atoms with E-state index in [9.17, 15) is 13.2 Å². The van der Waals surface area contributed by atoms with Gasteiger partial charge in [-0.15, -0.1) is 11.3 Å². The van der Waals surface area contributed by atoms with E-state index in [2.05, 4.69) is 0 Å². The molecule has 0 atom stereocenters. The number of nitrogens with zero attached hydrogens (tertiary/aromatic N) is 1. The molecule has 1 aromatic carbocycles. The van der Waals surface area contributed by atoms with E-state index in [4.69, 9.17) is 11.0 Å². The van der Waals surface area contributed by atoms with Crippen LogP contribution in [0.1, 0.15) is 16.0 Å². The molecule has 1 heterocycles. The molecule has 0 radical (unpaired) electrons. The molecular weight excluding hydrogens is 249 g/mol. The van der Waals surface area contributed by atoms with Gasteiger partial charge in [0.1, 0.15) is 10.9 Å². The molecule has 88 valence electrons. The summed E-state index contributed by atoms with van der Waals surface area (Å²) in [6.07, 6.45) is -4.38. The van der Waals surface area contributed by atoms with Crippen molar-refractivity contribution in [2.24, 2.45) is 0 Å². The summed E-state index contributed by atoms with van der Waals surface area (Å²) in [5.74, 6) is 0. The summed E-state index contributed by atoms with van der Waals surface area (Å²) in [5, 5.41) is 9.34. The second kappa shape index (κ2) is 3.64. The fraction of sp³-hybridized carbons (Fsp3) is 0.182. The van der Waals surface area contributed by atoms with E-state index in [1.807, 2.05) is 6.07 Å². The van der Waals surface area contributed by atoms with Gasteiger partial charge in [0.15, 0.2) is 0 Å². The van der Waals surface area contributed by atoms with Crippen LogP contribution in [0.3, 0.4) is 0 Å². The van der Waals surface area contributed by atoms with Crippen LogP contribution in [0.15, 0.2) is 12.1 Å². The van der Waals surface area contributed by atoms with E-state index < -0.39 is 11.7 Å². The Hall–Kier alpha value is -1.74. The smallest absolute Gasteiger partial charge is 0.396 e. The van der Waals surface area contributed by atoms with Gasteiger partial charge >= 0.3 is 6.18 Å². The lowest BCUT2D eigenvalue weighted by atomic mass is 10.1. The van der Waals surface area contributed by atoms with Crippen LogP contribution in [-0.2, 0) is 6.18 Å². The lowest BCUT2D eigenvalue weighted by Crippen LogP contribution is -2.04. The highest BCUT2D eigenvalue weighted by Gasteiger charge is 2.31. The molecule has 2 rings (SSSR count). The average molecular weight is 256 g/mol. The lowest BCUT2D eigenvalue weighted by Gasteiger charge is -2.08. The minimum absolute atomic E-state index is 0.252. The van der Waals surface area contributed by atoms with E-state index in [-0.39, 0.29) is 10.6 Å². The Bertz CT molecular complexity index is 635. The number of rotatable bonds is 0. The highest BCUT2D eigenvalue weighted by Crippen LogP contribution is 2.39. The van der Waals surface area contributed by atoms with Crippen molar-refractivity contribution >= 4 is 27.1 Å². The Morgan fingerprint density at radius 2 is 2.00 bits per heavy atom. The molecule has 2 aromatic rings. The minimum atomic E-state index is -4.38. The van der Waals surface area contributed by atoms with Crippen molar-refractivity contribution in [3.05, 3.63) is 28.1 Å². The molecule has 0 saturated heterocycles. The lowest BCUT2D eigenvalue weighted by molar-refractivity contribution is -0.137. The Morgan fingerprint density at radius 1 is 1.35 bits per heavy atom.